The molecule has 0 aliphatic heterocycles. The van der Waals surface area contributed by atoms with Crippen LogP contribution in [0, 0.1) is 5.95 Å². The molecular formula is C11H13FN2O3. The number of methoxy groups -OCH3 is 1. The van der Waals surface area contributed by atoms with E-state index < -0.39 is 17.8 Å². The van der Waals surface area contributed by atoms with Crippen molar-refractivity contribution in [2.75, 3.05) is 20.2 Å². The Bertz CT molecular complexity index is 423. The molecule has 1 heterocycles. The summed E-state index contributed by atoms with van der Waals surface area (Å²) in [6.07, 6.45) is 0. The van der Waals surface area contributed by atoms with Crippen molar-refractivity contribution in [2.45, 2.75) is 6.92 Å². The van der Waals surface area contributed by atoms with E-state index >= 15 is 0 Å². The Hall–Kier alpha value is -1.98. The zero-order valence-corrected chi connectivity index (χ0v) is 9.64. The quantitative estimate of drug-likeness (QED) is 0.578. The summed E-state index contributed by atoms with van der Waals surface area (Å²) in [6.45, 7) is 1.84. The smallest absolute Gasteiger partial charge is 0.325 e. The highest BCUT2D eigenvalue weighted by molar-refractivity contribution is 5.94. The molecule has 0 fully saturated rings. The number of ether oxygens (including phenoxy) is 1. The van der Waals surface area contributed by atoms with E-state index in [9.17, 15) is 14.0 Å². The van der Waals surface area contributed by atoms with Crippen molar-refractivity contribution in [3.05, 3.63) is 29.8 Å². The van der Waals surface area contributed by atoms with E-state index in [4.69, 9.17) is 0 Å². The number of carbonyl (C=O) groups excluding carboxylic acids is 2. The fourth-order valence-corrected chi connectivity index (χ4v) is 1.24. The number of halogens is 1. The van der Waals surface area contributed by atoms with Crippen LogP contribution in [0.1, 0.15) is 17.4 Å². The van der Waals surface area contributed by atoms with Crippen molar-refractivity contribution in [1.82, 2.24) is 9.88 Å². The minimum atomic E-state index is -0.732. The van der Waals surface area contributed by atoms with Crippen molar-refractivity contribution in [3.63, 3.8) is 0 Å². The van der Waals surface area contributed by atoms with Gasteiger partial charge in [-0.1, -0.05) is 6.07 Å². The molecule has 0 radical (unpaired) electrons. The molecule has 1 aromatic heterocycles. The lowest BCUT2D eigenvalue weighted by Gasteiger charge is -2.18. The predicted octanol–water partition coefficient (Wildman–Crippen LogP) is 0.856. The van der Waals surface area contributed by atoms with Crippen LogP contribution < -0.4 is 0 Å². The molecule has 0 aliphatic rings. The highest BCUT2D eigenvalue weighted by atomic mass is 19.1. The van der Waals surface area contributed by atoms with Crippen LogP contribution in [0.25, 0.3) is 0 Å². The minimum absolute atomic E-state index is 0.0317. The van der Waals surface area contributed by atoms with Gasteiger partial charge in [-0.3, -0.25) is 9.59 Å². The lowest BCUT2D eigenvalue weighted by atomic mass is 10.3. The number of hydrogen-bond donors (Lipinski definition) is 0. The number of amides is 1. The van der Waals surface area contributed by atoms with Gasteiger partial charge in [0.15, 0.2) is 0 Å². The van der Waals surface area contributed by atoms with E-state index in [1.54, 1.807) is 6.92 Å². The zero-order chi connectivity index (χ0) is 12.8. The molecule has 0 aromatic carbocycles. The van der Waals surface area contributed by atoms with Crippen molar-refractivity contribution >= 4 is 11.9 Å². The number of carbonyl (C=O) groups is 2. The average Bonchev–Trinajstić information content (AvgIpc) is 2.34. The predicted molar refractivity (Wildman–Crippen MR) is 57.8 cm³/mol. The topological polar surface area (TPSA) is 59.5 Å². The first-order chi connectivity index (χ1) is 8.08. The monoisotopic (exact) mass is 240 g/mol. The summed E-state index contributed by atoms with van der Waals surface area (Å²) in [4.78, 5) is 27.6. The van der Waals surface area contributed by atoms with Crippen LogP contribution >= 0.6 is 0 Å². The highest BCUT2D eigenvalue weighted by Gasteiger charge is 2.18. The molecule has 0 saturated carbocycles. The number of hydrogen-bond acceptors (Lipinski definition) is 4. The molecule has 0 bridgehead atoms. The number of rotatable bonds is 4. The first kappa shape index (κ1) is 13.1. The second-order valence-corrected chi connectivity index (χ2v) is 3.24. The Kier molecular flexibility index (Phi) is 4.56. The average molecular weight is 240 g/mol. The van der Waals surface area contributed by atoms with E-state index in [-0.39, 0.29) is 12.2 Å². The molecule has 17 heavy (non-hydrogen) atoms. The van der Waals surface area contributed by atoms with E-state index in [0.717, 1.165) is 6.07 Å². The molecule has 92 valence electrons. The van der Waals surface area contributed by atoms with Gasteiger partial charge in [0.2, 0.25) is 5.95 Å². The van der Waals surface area contributed by atoms with Gasteiger partial charge in [0.05, 0.1) is 7.11 Å². The Morgan fingerprint density at radius 2 is 2.18 bits per heavy atom. The fourth-order valence-electron chi connectivity index (χ4n) is 1.24. The maximum Gasteiger partial charge on any atom is 0.325 e. The number of pyridine rings is 1. The van der Waals surface area contributed by atoms with Gasteiger partial charge < -0.3 is 9.64 Å². The summed E-state index contributed by atoms with van der Waals surface area (Å²) in [5, 5.41) is 0. The molecule has 0 atom stereocenters. The van der Waals surface area contributed by atoms with Crippen molar-refractivity contribution in [3.8, 4) is 0 Å². The largest absolute Gasteiger partial charge is 0.468 e. The molecule has 1 amide bonds. The standard InChI is InChI=1S/C11H13FN2O3/c1-3-14(7-10(15)17-2)11(16)8-5-4-6-9(12)13-8/h4-6H,3,7H2,1-2H3. The zero-order valence-electron chi connectivity index (χ0n) is 9.64. The maximum absolute atomic E-state index is 12.9. The molecule has 0 aliphatic carbocycles. The molecule has 5 nitrogen and oxygen atoms in total. The Morgan fingerprint density at radius 3 is 2.71 bits per heavy atom. The number of nitrogens with zero attached hydrogens (tertiary/aromatic N) is 2. The molecule has 0 saturated heterocycles. The summed E-state index contributed by atoms with van der Waals surface area (Å²) in [5.41, 5.74) is -0.0317. The van der Waals surface area contributed by atoms with Gasteiger partial charge in [0.1, 0.15) is 12.2 Å². The van der Waals surface area contributed by atoms with E-state index in [0.29, 0.717) is 6.54 Å². The van der Waals surface area contributed by atoms with Gasteiger partial charge in [-0.2, -0.15) is 4.39 Å². The van der Waals surface area contributed by atoms with Crippen molar-refractivity contribution in [1.29, 1.82) is 0 Å². The Balaban J connectivity index is 2.82. The fraction of sp³-hybridized carbons (Fsp3) is 0.364. The van der Waals surface area contributed by atoms with Crippen LogP contribution in [0.3, 0.4) is 0 Å². The first-order valence-corrected chi connectivity index (χ1v) is 5.07. The Morgan fingerprint density at radius 1 is 1.47 bits per heavy atom. The molecule has 0 N–H and O–H groups in total. The van der Waals surface area contributed by atoms with Gasteiger partial charge in [0, 0.05) is 6.54 Å². The molecule has 6 heteroatoms. The van der Waals surface area contributed by atoms with Crippen LogP contribution in [0.4, 0.5) is 4.39 Å². The highest BCUT2D eigenvalue weighted by Crippen LogP contribution is 2.03. The Labute approximate surface area is 98.2 Å². The van der Waals surface area contributed by atoms with Crippen molar-refractivity contribution in [2.24, 2.45) is 0 Å². The van der Waals surface area contributed by atoms with Gasteiger partial charge in [-0.15, -0.1) is 0 Å². The third kappa shape index (κ3) is 3.51. The van der Waals surface area contributed by atoms with Crippen LogP contribution in [0.2, 0.25) is 0 Å². The molecular weight excluding hydrogens is 227 g/mol. The van der Waals surface area contributed by atoms with Crippen LogP contribution in [0.5, 0.6) is 0 Å². The third-order valence-electron chi connectivity index (χ3n) is 2.15. The van der Waals surface area contributed by atoms with E-state index in [1.807, 2.05) is 0 Å². The van der Waals surface area contributed by atoms with Crippen molar-refractivity contribution < 1.29 is 18.7 Å². The van der Waals surface area contributed by atoms with Crippen LogP contribution in [-0.4, -0.2) is 42.0 Å². The molecule has 0 unspecified atom stereocenters. The van der Waals surface area contributed by atoms with Gasteiger partial charge in [0.25, 0.3) is 5.91 Å². The third-order valence-corrected chi connectivity index (χ3v) is 2.15. The van der Waals surface area contributed by atoms with Gasteiger partial charge in [-0.05, 0) is 19.1 Å². The summed E-state index contributed by atoms with van der Waals surface area (Å²) in [7, 11) is 1.24. The van der Waals surface area contributed by atoms with E-state index in [2.05, 4.69) is 9.72 Å². The number of aromatic nitrogens is 1. The van der Waals surface area contributed by atoms with Gasteiger partial charge in [-0.25, -0.2) is 4.98 Å². The summed E-state index contributed by atoms with van der Waals surface area (Å²) < 4.78 is 17.3. The minimum Gasteiger partial charge on any atom is -0.468 e. The first-order valence-electron chi connectivity index (χ1n) is 5.07. The summed E-state index contributed by atoms with van der Waals surface area (Å²) in [6, 6.07) is 3.93. The van der Waals surface area contributed by atoms with Crippen LogP contribution in [0.15, 0.2) is 18.2 Å². The maximum atomic E-state index is 12.9. The van der Waals surface area contributed by atoms with E-state index in [1.165, 1.54) is 24.1 Å². The van der Waals surface area contributed by atoms with Gasteiger partial charge >= 0.3 is 5.97 Å². The van der Waals surface area contributed by atoms with Crippen LogP contribution in [-0.2, 0) is 9.53 Å². The second-order valence-electron chi connectivity index (χ2n) is 3.24. The number of likely N-dealkylation sites (N-methyl/N-ethyl adjacent to an activating group) is 1. The SMILES string of the molecule is CCN(CC(=O)OC)C(=O)c1cccc(F)n1. The lowest BCUT2D eigenvalue weighted by Crippen LogP contribution is -2.36. The summed E-state index contributed by atoms with van der Waals surface area (Å²) in [5.74, 6) is -1.76. The number of esters is 1. The molecule has 1 aromatic rings. The normalized spacial score (nSPS) is 9.82. The molecule has 0 spiro atoms. The second kappa shape index (κ2) is 5.93. The lowest BCUT2D eigenvalue weighted by molar-refractivity contribution is -0.141. The molecule has 1 rings (SSSR count). The summed E-state index contributed by atoms with van der Waals surface area (Å²) >= 11 is 0.